The second-order valence-corrected chi connectivity index (χ2v) is 5.22. The molecule has 7 heteroatoms. The number of phenols is 4. The second kappa shape index (κ2) is 4.98. The van der Waals surface area contributed by atoms with Crippen LogP contribution < -0.4 is 4.74 Å². The van der Waals surface area contributed by atoms with Crippen LogP contribution in [-0.2, 0) is 4.74 Å². The highest BCUT2D eigenvalue weighted by molar-refractivity contribution is 5.98. The van der Waals surface area contributed by atoms with E-state index in [-0.39, 0.29) is 45.4 Å². The number of carbonyl (C=O) groups excluding carboxylic acids is 1. The number of rotatable bonds is 2. The van der Waals surface area contributed by atoms with Crippen LogP contribution in [0.3, 0.4) is 0 Å². The number of benzene rings is 2. The first-order chi connectivity index (χ1) is 10.8. The molecule has 0 aromatic heterocycles. The van der Waals surface area contributed by atoms with Gasteiger partial charge in [-0.1, -0.05) is 0 Å². The molecule has 0 spiro atoms. The van der Waals surface area contributed by atoms with E-state index >= 15 is 0 Å². The van der Waals surface area contributed by atoms with Gasteiger partial charge in [0.05, 0.1) is 12.7 Å². The molecule has 1 aliphatic heterocycles. The quantitative estimate of drug-likeness (QED) is 0.495. The molecule has 2 aromatic carbocycles. The lowest BCUT2D eigenvalue weighted by molar-refractivity contribution is 0.0448. The van der Waals surface area contributed by atoms with Crippen molar-refractivity contribution >= 4 is 5.97 Å². The summed E-state index contributed by atoms with van der Waals surface area (Å²) < 4.78 is 10.1. The van der Waals surface area contributed by atoms with Gasteiger partial charge >= 0.3 is 5.97 Å². The van der Waals surface area contributed by atoms with E-state index in [0.29, 0.717) is 5.56 Å². The molecule has 0 bridgehead atoms. The molecule has 23 heavy (non-hydrogen) atoms. The summed E-state index contributed by atoms with van der Waals surface area (Å²) in [5.41, 5.74) is 0.251. The Kier molecular flexibility index (Phi) is 3.21. The first-order valence-electron chi connectivity index (χ1n) is 6.71. The summed E-state index contributed by atoms with van der Waals surface area (Å²) in [5, 5.41) is 40.2. The summed E-state index contributed by atoms with van der Waals surface area (Å²) in [5.74, 6) is -1.95. The van der Waals surface area contributed by atoms with Crippen molar-refractivity contribution in [2.24, 2.45) is 0 Å². The average Bonchev–Trinajstić information content (AvgIpc) is 2.84. The van der Waals surface area contributed by atoms with Gasteiger partial charge in [-0.2, -0.15) is 0 Å². The lowest BCUT2D eigenvalue weighted by atomic mass is 9.94. The van der Waals surface area contributed by atoms with Crippen molar-refractivity contribution in [2.75, 3.05) is 7.11 Å². The van der Waals surface area contributed by atoms with Crippen molar-refractivity contribution in [1.82, 2.24) is 0 Å². The number of ether oxygens (including phenoxy) is 2. The molecule has 0 unspecified atom stereocenters. The minimum Gasteiger partial charge on any atom is -0.508 e. The Morgan fingerprint density at radius 2 is 1.78 bits per heavy atom. The highest BCUT2D eigenvalue weighted by atomic mass is 16.6. The zero-order valence-corrected chi connectivity index (χ0v) is 12.3. The Bertz CT molecular complexity index is 826. The Balaban J connectivity index is 2.28. The molecule has 7 nitrogen and oxygen atoms in total. The van der Waals surface area contributed by atoms with Gasteiger partial charge in [-0.15, -0.1) is 0 Å². The van der Waals surface area contributed by atoms with Gasteiger partial charge in [0, 0.05) is 11.6 Å². The number of esters is 1. The van der Waals surface area contributed by atoms with Gasteiger partial charge in [0.2, 0.25) is 0 Å². The molecule has 0 amide bonds. The smallest absolute Gasteiger partial charge is 0.343 e. The SMILES string of the molecule is COc1cc(O)cc([C@H]2OC(=O)c3c(O)cc(C)c(O)c32)c1O. The molecule has 0 fully saturated rings. The van der Waals surface area contributed by atoms with Gasteiger partial charge in [-0.05, 0) is 24.6 Å². The predicted octanol–water partition coefficient (Wildman–Crippen LogP) is 2.09. The Morgan fingerprint density at radius 3 is 2.43 bits per heavy atom. The Hall–Kier alpha value is -3.09. The van der Waals surface area contributed by atoms with Gasteiger partial charge in [0.1, 0.15) is 22.8 Å². The first kappa shape index (κ1) is 14.8. The van der Waals surface area contributed by atoms with Crippen molar-refractivity contribution in [3.05, 3.63) is 40.5 Å². The molecule has 1 heterocycles. The Morgan fingerprint density at radius 1 is 1.09 bits per heavy atom. The van der Waals surface area contributed by atoms with E-state index in [1.54, 1.807) is 6.92 Å². The summed E-state index contributed by atoms with van der Waals surface area (Å²) in [4.78, 5) is 12.0. The standard InChI is InChI=1S/C16H14O7/c1-6-3-9(18)11-12(13(6)19)15(23-16(11)21)8-4-7(17)5-10(22-2)14(8)20/h3-5,15,17-20H,1-2H3/t15-/m1/s1. The maximum Gasteiger partial charge on any atom is 0.343 e. The molecule has 0 saturated heterocycles. The van der Waals surface area contributed by atoms with Crippen LogP contribution in [0.25, 0.3) is 0 Å². The van der Waals surface area contributed by atoms with Crippen molar-refractivity contribution in [3.63, 3.8) is 0 Å². The molecule has 1 aliphatic rings. The van der Waals surface area contributed by atoms with Gasteiger partial charge in [0.25, 0.3) is 0 Å². The van der Waals surface area contributed by atoms with Crippen molar-refractivity contribution in [3.8, 4) is 28.7 Å². The fourth-order valence-corrected chi connectivity index (χ4v) is 2.70. The lowest BCUT2D eigenvalue weighted by Crippen LogP contribution is -2.02. The number of carbonyl (C=O) groups is 1. The zero-order valence-electron chi connectivity index (χ0n) is 12.3. The maximum absolute atomic E-state index is 12.0. The molecule has 3 rings (SSSR count). The van der Waals surface area contributed by atoms with Crippen LogP contribution in [0.1, 0.15) is 33.2 Å². The van der Waals surface area contributed by atoms with E-state index in [0.717, 1.165) is 0 Å². The molecule has 2 aromatic rings. The lowest BCUT2D eigenvalue weighted by Gasteiger charge is -2.17. The number of aryl methyl sites for hydroxylation is 1. The normalized spacial score (nSPS) is 16.1. The number of phenolic OH excluding ortho intramolecular Hbond substituents is 4. The Labute approximate surface area is 131 Å². The minimum absolute atomic E-state index is 0.0131. The van der Waals surface area contributed by atoms with Crippen molar-refractivity contribution in [2.45, 2.75) is 13.0 Å². The highest BCUT2D eigenvalue weighted by Crippen LogP contribution is 2.50. The fourth-order valence-electron chi connectivity index (χ4n) is 2.70. The topological polar surface area (TPSA) is 116 Å². The van der Waals surface area contributed by atoms with Gasteiger partial charge in [0.15, 0.2) is 17.6 Å². The first-order valence-corrected chi connectivity index (χ1v) is 6.71. The predicted molar refractivity (Wildman–Crippen MR) is 78.1 cm³/mol. The van der Waals surface area contributed by atoms with Crippen LogP contribution in [0.4, 0.5) is 0 Å². The third kappa shape index (κ3) is 2.09. The van der Waals surface area contributed by atoms with Crippen LogP contribution in [-0.4, -0.2) is 33.5 Å². The van der Waals surface area contributed by atoms with Crippen LogP contribution in [0.5, 0.6) is 28.7 Å². The molecular formula is C16H14O7. The zero-order chi connectivity index (χ0) is 16.9. The number of fused-ring (bicyclic) bond motifs is 1. The fraction of sp³-hybridized carbons (Fsp3) is 0.188. The van der Waals surface area contributed by atoms with E-state index in [4.69, 9.17) is 9.47 Å². The van der Waals surface area contributed by atoms with E-state index in [2.05, 4.69) is 0 Å². The third-order valence-electron chi connectivity index (χ3n) is 3.79. The number of cyclic esters (lactones) is 1. The molecule has 1 atom stereocenters. The van der Waals surface area contributed by atoms with Crippen LogP contribution in [0, 0.1) is 6.92 Å². The van der Waals surface area contributed by atoms with E-state index < -0.39 is 12.1 Å². The largest absolute Gasteiger partial charge is 0.508 e. The highest BCUT2D eigenvalue weighted by Gasteiger charge is 2.40. The minimum atomic E-state index is -1.18. The third-order valence-corrected chi connectivity index (χ3v) is 3.79. The second-order valence-electron chi connectivity index (χ2n) is 5.22. The van der Waals surface area contributed by atoms with E-state index in [9.17, 15) is 25.2 Å². The van der Waals surface area contributed by atoms with Crippen LogP contribution in [0.2, 0.25) is 0 Å². The van der Waals surface area contributed by atoms with E-state index in [1.165, 1.54) is 25.3 Å². The molecule has 4 N–H and O–H groups in total. The molecular weight excluding hydrogens is 304 g/mol. The van der Waals surface area contributed by atoms with Gasteiger partial charge < -0.3 is 29.9 Å². The monoisotopic (exact) mass is 318 g/mol. The van der Waals surface area contributed by atoms with Crippen LogP contribution >= 0.6 is 0 Å². The summed E-state index contributed by atoms with van der Waals surface area (Å²) in [6, 6.07) is 3.65. The van der Waals surface area contributed by atoms with Gasteiger partial charge in [-0.25, -0.2) is 4.79 Å². The summed E-state index contributed by atoms with van der Waals surface area (Å²) in [6.45, 7) is 1.55. The molecule has 120 valence electrons. The van der Waals surface area contributed by atoms with Crippen molar-refractivity contribution in [1.29, 1.82) is 0 Å². The summed E-state index contributed by atoms with van der Waals surface area (Å²) in [6.07, 6.45) is -1.18. The average molecular weight is 318 g/mol. The summed E-state index contributed by atoms with van der Waals surface area (Å²) >= 11 is 0. The number of hydrogen-bond acceptors (Lipinski definition) is 7. The van der Waals surface area contributed by atoms with E-state index in [1.807, 2.05) is 0 Å². The number of methoxy groups -OCH3 is 1. The molecule has 0 aliphatic carbocycles. The maximum atomic E-state index is 12.0. The van der Waals surface area contributed by atoms with Crippen LogP contribution in [0.15, 0.2) is 18.2 Å². The molecule has 0 saturated carbocycles. The number of hydrogen-bond donors (Lipinski definition) is 4. The molecule has 0 radical (unpaired) electrons. The van der Waals surface area contributed by atoms with Crippen molar-refractivity contribution < 1.29 is 34.7 Å². The number of aromatic hydroxyl groups is 4. The van der Waals surface area contributed by atoms with Gasteiger partial charge in [-0.3, -0.25) is 0 Å². The summed E-state index contributed by atoms with van der Waals surface area (Å²) in [7, 11) is 1.31.